The summed E-state index contributed by atoms with van der Waals surface area (Å²) in [4.78, 5) is 40.9. The van der Waals surface area contributed by atoms with Crippen LogP contribution in [0.25, 0.3) is 0 Å². The number of carbonyl (C=O) groups is 3. The number of methoxy groups -OCH3 is 1. The summed E-state index contributed by atoms with van der Waals surface area (Å²) >= 11 is 0. The molecule has 1 amide bonds. The lowest BCUT2D eigenvalue weighted by atomic mass is 10.1. The van der Waals surface area contributed by atoms with Gasteiger partial charge in [0.2, 0.25) is 5.75 Å². The van der Waals surface area contributed by atoms with Gasteiger partial charge in [-0.05, 0) is 32.4 Å². The van der Waals surface area contributed by atoms with Crippen molar-refractivity contribution in [3.8, 4) is 17.2 Å². The normalized spacial score (nSPS) is 13.2. The summed E-state index contributed by atoms with van der Waals surface area (Å²) in [5, 5.41) is 2.53. The van der Waals surface area contributed by atoms with E-state index in [1.165, 1.54) is 33.2 Å². The fraction of sp³-hybridized carbons (Fsp3) is 0.417. The number of nitrogens with zero attached hydrogens (tertiary/aromatic N) is 1. The van der Waals surface area contributed by atoms with E-state index in [1.807, 2.05) is 44.2 Å². The van der Waals surface area contributed by atoms with E-state index in [9.17, 15) is 14.4 Å². The van der Waals surface area contributed by atoms with Crippen molar-refractivity contribution in [1.29, 1.82) is 0 Å². The van der Waals surface area contributed by atoms with Crippen molar-refractivity contribution in [2.24, 2.45) is 0 Å². The molecule has 0 aliphatic carbocycles. The Morgan fingerprint density at radius 1 is 1.09 bits per heavy atom. The number of benzene rings is 1. The molecule has 1 N–H and O–H groups in total. The molecule has 0 unspecified atom stereocenters. The second-order valence-corrected chi connectivity index (χ2v) is 7.38. The van der Waals surface area contributed by atoms with Crippen LogP contribution in [0.3, 0.4) is 0 Å². The molecule has 0 radical (unpaired) electrons. The summed E-state index contributed by atoms with van der Waals surface area (Å²) in [5.41, 5.74) is -0.185. The summed E-state index contributed by atoms with van der Waals surface area (Å²) in [7, 11) is 1.37. The summed E-state index contributed by atoms with van der Waals surface area (Å²) in [6.45, 7) is 6.50. The van der Waals surface area contributed by atoms with Crippen LogP contribution in [0.1, 0.15) is 51.0 Å². The van der Waals surface area contributed by atoms with Crippen LogP contribution in [0.5, 0.6) is 17.2 Å². The number of pyridine rings is 1. The smallest absolute Gasteiger partial charge is 0.328 e. The average molecular weight is 459 g/mol. The number of hydrogen-bond donors (Lipinski definition) is 1. The zero-order chi connectivity index (χ0) is 24.4. The molecule has 2 aromatic rings. The SMILES string of the molecule is CCC[C@@H](OC(=O)[C@H](C)NC(=O)c1nccc(OC)c1OC(C)=O)[C@@H](C)Oc1ccccc1. The van der Waals surface area contributed by atoms with Crippen molar-refractivity contribution in [3.05, 3.63) is 48.3 Å². The largest absolute Gasteiger partial charge is 0.493 e. The van der Waals surface area contributed by atoms with Crippen LogP contribution in [0.15, 0.2) is 42.6 Å². The van der Waals surface area contributed by atoms with Crippen molar-refractivity contribution in [3.63, 3.8) is 0 Å². The molecule has 0 spiro atoms. The molecule has 2 rings (SSSR count). The standard InChI is InChI=1S/C24H30N2O7/c1-6-10-19(16(3)31-18-11-8-7-9-12-18)33-24(29)15(2)26-23(28)21-22(32-17(4)27)20(30-5)13-14-25-21/h7-9,11-16,19H,6,10H2,1-5H3,(H,26,28)/t15-,16+,19+/m0/s1. The highest BCUT2D eigenvalue weighted by Gasteiger charge is 2.28. The number of carbonyl (C=O) groups excluding carboxylic acids is 3. The molecule has 0 saturated heterocycles. The molecule has 178 valence electrons. The quantitative estimate of drug-likeness (QED) is 0.510. The molecule has 9 nitrogen and oxygen atoms in total. The van der Waals surface area contributed by atoms with Gasteiger partial charge in [-0.1, -0.05) is 31.5 Å². The molecule has 9 heteroatoms. The number of nitrogens with one attached hydrogen (secondary N) is 1. The van der Waals surface area contributed by atoms with Gasteiger partial charge in [-0.15, -0.1) is 0 Å². The molecule has 1 heterocycles. The molecule has 1 aromatic carbocycles. The van der Waals surface area contributed by atoms with Crippen LogP contribution in [0.2, 0.25) is 0 Å². The zero-order valence-electron chi connectivity index (χ0n) is 19.5. The first-order valence-electron chi connectivity index (χ1n) is 10.7. The first-order valence-corrected chi connectivity index (χ1v) is 10.7. The van der Waals surface area contributed by atoms with Crippen molar-refractivity contribution >= 4 is 17.8 Å². The van der Waals surface area contributed by atoms with Gasteiger partial charge in [0.25, 0.3) is 5.91 Å². The Morgan fingerprint density at radius 2 is 1.79 bits per heavy atom. The number of hydrogen-bond acceptors (Lipinski definition) is 8. The zero-order valence-corrected chi connectivity index (χ0v) is 19.5. The van der Waals surface area contributed by atoms with E-state index >= 15 is 0 Å². The Labute approximate surface area is 193 Å². The van der Waals surface area contributed by atoms with Crippen molar-refractivity contribution in [1.82, 2.24) is 10.3 Å². The monoisotopic (exact) mass is 458 g/mol. The Morgan fingerprint density at radius 3 is 2.39 bits per heavy atom. The van der Waals surface area contributed by atoms with Crippen LogP contribution in [-0.2, 0) is 14.3 Å². The Kier molecular flexibility index (Phi) is 9.65. The van der Waals surface area contributed by atoms with Crippen molar-refractivity contribution < 1.29 is 33.3 Å². The van der Waals surface area contributed by atoms with Gasteiger partial charge in [-0.3, -0.25) is 9.59 Å². The van der Waals surface area contributed by atoms with Crippen molar-refractivity contribution in [2.45, 2.75) is 58.8 Å². The fourth-order valence-electron chi connectivity index (χ4n) is 3.03. The maximum absolute atomic E-state index is 12.8. The van der Waals surface area contributed by atoms with Crippen LogP contribution < -0.4 is 19.5 Å². The minimum absolute atomic E-state index is 0.126. The fourth-order valence-corrected chi connectivity index (χ4v) is 3.03. The predicted octanol–water partition coefficient (Wildman–Crippen LogP) is 3.31. The topological polar surface area (TPSA) is 113 Å². The number of rotatable bonds is 11. The van der Waals surface area contributed by atoms with Gasteiger partial charge in [0, 0.05) is 19.2 Å². The second kappa shape index (κ2) is 12.4. The van der Waals surface area contributed by atoms with Crippen molar-refractivity contribution in [2.75, 3.05) is 7.11 Å². The highest BCUT2D eigenvalue weighted by molar-refractivity contribution is 5.98. The van der Waals surface area contributed by atoms with Gasteiger partial charge in [0.1, 0.15) is 24.0 Å². The molecular weight excluding hydrogens is 428 g/mol. The first-order chi connectivity index (χ1) is 15.8. The Bertz CT molecular complexity index is 949. The molecule has 1 aromatic heterocycles. The molecule has 0 aliphatic rings. The number of esters is 2. The molecule has 0 aliphatic heterocycles. The lowest BCUT2D eigenvalue weighted by Crippen LogP contribution is -2.43. The second-order valence-electron chi connectivity index (χ2n) is 7.38. The number of ether oxygens (including phenoxy) is 4. The van der Waals surface area contributed by atoms with E-state index in [0.29, 0.717) is 12.2 Å². The Balaban J connectivity index is 2.07. The number of para-hydroxylation sites is 1. The maximum atomic E-state index is 12.8. The highest BCUT2D eigenvalue weighted by Crippen LogP contribution is 2.29. The number of aromatic nitrogens is 1. The van der Waals surface area contributed by atoms with E-state index < -0.39 is 36.1 Å². The summed E-state index contributed by atoms with van der Waals surface area (Å²) in [6.07, 6.45) is 1.81. The van der Waals surface area contributed by atoms with Crippen LogP contribution in [0.4, 0.5) is 0 Å². The lowest BCUT2D eigenvalue weighted by Gasteiger charge is -2.26. The molecule has 0 fully saturated rings. The lowest BCUT2D eigenvalue weighted by molar-refractivity contribution is -0.155. The van der Waals surface area contributed by atoms with Gasteiger partial charge < -0.3 is 24.3 Å². The number of amides is 1. The third-order valence-corrected chi connectivity index (χ3v) is 4.68. The molecule has 0 saturated carbocycles. The van der Waals surface area contributed by atoms with E-state index in [2.05, 4.69) is 10.3 Å². The van der Waals surface area contributed by atoms with E-state index in [0.717, 1.165) is 6.42 Å². The van der Waals surface area contributed by atoms with Crippen LogP contribution >= 0.6 is 0 Å². The molecule has 33 heavy (non-hydrogen) atoms. The van der Waals surface area contributed by atoms with Crippen LogP contribution in [0, 0.1) is 0 Å². The minimum atomic E-state index is -0.987. The molecular formula is C24H30N2O7. The predicted molar refractivity (Wildman–Crippen MR) is 120 cm³/mol. The average Bonchev–Trinajstić information content (AvgIpc) is 2.78. The van der Waals surface area contributed by atoms with E-state index in [1.54, 1.807) is 0 Å². The third-order valence-electron chi connectivity index (χ3n) is 4.68. The molecule has 3 atom stereocenters. The summed E-state index contributed by atoms with van der Waals surface area (Å²) < 4.78 is 21.8. The van der Waals surface area contributed by atoms with Gasteiger partial charge in [-0.2, -0.15) is 0 Å². The minimum Gasteiger partial charge on any atom is -0.493 e. The Hall–Kier alpha value is -3.62. The van der Waals surface area contributed by atoms with E-state index in [-0.39, 0.29) is 17.2 Å². The van der Waals surface area contributed by atoms with Gasteiger partial charge in [0.05, 0.1) is 7.11 Å². The van der Waals surface area contributed by atoms with Gasteiger partial charge in [-0.25, -0.2) is 9.78 Å². The highest BCUT2D eigenvalue weighted by atomic mass is 16.6. The molecule has 0 bridgehead atoms. The summed E-state index contributed by atoms with van der Waals surface area (Å²) in [6, 6.07) is 9.72. The summed E-state index contributed by atoms with van der Waals surface area (Å²) in [5.74, 6) is -1.27. The van der Waals surface area contributed by atoms with E-state index in [4.69, 9.17) is 18.9 Å². The van der Waals surface area contributed by atoms with Gasteiger partial charge in [0.15, 0.2) is 11.4 Å². The maximum Gasteiger partial charge on any atom is 0.328 e. The van der Waals surface area contributed by atoms with Gasteiger partial charge >= 0.3 is 11.9 Å². The van der Waals surface area contributed by atoms with Crippen LogP contribution in [-0.4, -0.2) is 48.2 Å². The third kappa shape index (κ3) is 7.48. The first kappa shape index (κ1) is 25.6.